The predicted molar refractivity (Wildman–Crippen MR) is 147 cm³/mol. The quantitative estimate of drug-likeness (QED) is 0.180. The van der Waals surface area contributed by atoms with E-state index < -0.39 is 0 Å². The van der Waals surface area contributed by atoms with Gasteiger partial charge in [0.05, 0.1) is 6.61 Å². The van der Waals surface area contributed by atoms with Gasteiger partial charge in [-0.1, -0.05) is 81.9 Å². The summed E-state index contributed by atoms with van der Waals surface area (Å²) in [6.07, 6.45) is 22.7. The minimum absolute atomic E-state index is 0.214. The number of benzene rings is 1. The zero-order chi connectivity index (χ0) is 24.6. The maximum atomic E-state index is 12.6. The Morgan fingerprint density at radius 3 is 2.47 bits per heavy atom. The van der Waals surface area contributed by atoms with Gasteiger partial charge in [0.2, 0.25) is 0 Å². The lowest BCUT2D eigenvalue weighted by Crippen LogP contribution is -2.18. The molecule has 1 aliphatic rings. The van der Waals surface area contributed by atoms with Crippen LogP contribution in [0.1, 0.15) is 110 Å². The maximum Gasteiger partial charge on any atom is 0.159 e. The molecule has 0 spiro atoms. The van der Waals surface area contributed by atoms with Crippen LogP contribution >= 0.6 is 0 Å². The van der Waals surface area contributed by atoms with Gasteiger partial charge in [0.15, 0.2) is 5.78 Å². The van der Waals surface area contributed by atoms with Crippen LogP contribution in [0.25, 0.3) is 6.08 Å². The van der Waals surface area contributed by atoms with Crippen LogP contribution in [0.4, 0.5) is 0 Å². The van der Waals surface area contributed by atoms with Crippen LogP contribution in [0, 0.1) is 11.8 Å². The summed E-state index contributed by atoms with van der Waals surface area (Å²) >= 11 is 0. The molecule has 1 aromatic carbocycles. The number of carbonyl (C=O) groups is 1. The molecular weight excluding hydrogens is 416 g/mol. The standard InChI is InChI=1S/C32H48O2/c1-5-6-7-8-9-10-24-34-31-22-18-28(19-23-31)15-16-29-17-21-30(32(33)25-29)20-14-27(4)13-11-12-26(2)3/h12,15-16,18-19,22-23,25,27,30H,5-11,13-14,17,20-21,24H2,1-4H3. The van der Waals surface area contributed by atoms with Gasteiger partial charge < -0.3 is 4.74 Å². The Kier molecular flexibility index (Phi) is 13.7. The molecule has 0 saturated heterocycles. The molecule has 2 unspecified atom stereocenters. The third kappa shape index (κ3) is 11.9. The Hall–Kier alpha value is -2.09. The van der Waals surface area contributed by atoms with E-state index in [-0.39, 0.29) is 5.92 Å². The van der Waals surface area contributed by atoms with Gasteiger partial charge in [0.1, 0.15) is 5.75 Å². The average Bonchev–Trinajstić information content (AvgIpc) is 2.82. The van der Waals surface area contributed by atoms with E-state index in [0.717, 1.165) is 62.0 Å². The summed E-state index contributed by atoms with van der Waals surface area (Å²) in [6, 6.07) is 8.29. The van der Waals surface area contributed by atoms with Crippen molar-refractivity contribution in [1.82, 2.24) is 0 Å². The maximum absolute atomic E-state index is 12.6. The monoisotopic (exact) mass is 464 g/mol. The molecule has 0 saturated carbocycles. The molecule has 1 aliphatic carbocycles. The molecule has 0 radical (unpaired) electrons. The van der Waals surface area contributed by atoms with Crippen molar-refractivity contribution in [1.29, 1.82) is 0 Å². The zero-order valence-corrected chi connectivity index (χ0v) is 22.3. The molecule has 0 heterocycles. The summed E-state index contributed by atoms with van der Waals surface area (Å²) in [6.45, 7) is 9.68. The SMILES string of the molecule is CCCCCCCCOc1ccc(C=CC2=CC(=O)C(CCC(C)CCC=C(C)C)CC2)cc1. The first kappa shape index (κ1) is 28.1. The lowest BCUT2D eigenvalue weighted by atomic mass is 9.83. The van der Waals surface area contributed by atoms with Crippen molar-refractivity contribution in [3.8, 4) is 5.75 Å². The highest BCUT2D eigenvalue weighted by Gasteiger charge is 2.21. The van der Waals surface area contributed by atoms with Gasteiger partial charge in [-0.05, 0) is 94.1 Å². The zero-order valence-electron chi connectivity index (χ0n) is 22.3. The van der Waals surface area contributed by atoms with Crippen LogP contribution < -0.4 is 4.74 Å². The summed E-state index contributed by atoms with van der Waals surface area (Å²) in [5, 5.41) is 0. The Morgan fingerprint density at radius 1 is 1.03 bits per heavy atom. The fourth-order valence-electron chi connectivity index (χ4n) is 4.51. The Labute approximate surface area is 209 Å². The number of carbonyl (C=O) groups excluding carboxylic acids is 1. The molecule has 0 N–H and O–H groups in total. The van der Waals surface area contributed by atoms with Crippen LogP contribution in [0.2, 0.25) is 0 Å². The summed E-state index contributed by atoms with van der Waals surface area (Å²) in [5.74, 6) is 2.16. The van der Waals surface area contributed by atoms with Crippen molar-refractivity contribution < 1.29 is 9.53 Å². The largest absolute Gasteiger partial charge is 0.494 e. The lowest BCUT2D eigenvalue weighted by molar-refractivity contribution is -0.119. The second kappa shape index (κ2) is 16.5. The van der Waals surface area contributed by atoms with Crippen LogP contribution in [0.3, 0.4) is 0 Å². The summed E-state index contributed by atoms with van der Waals surface area (Å²) < 4.78 is 5.88. The fraction of sp³-hybridized carbons (Fsp3) is 0.594. The van der Waals surface area contributed by atoms with Crippen LogP contribution in [-0.4, -0.2) is 12.4 Å². The number of ether oxygens (including phenoxy) is 1. The second-order valence-corrected chi connectivity index (χ2v) is 10.4. The minimum Gasteiger partial charge on any atom is -0.494 e. The first-order valence-electron chi connectivity index (χ1n) is 13.8. The molecule has 34 heavy (non-hydrogen) atoms. The Morgan fingerprint density at radius 2 is 1.76 bits per heavy atom. The highest BCUT2D eigenvalue weighted by molar-refractivity contribution is 5.93. The molecule has 1 aromatic rings. The normalized spacial score (nSPS) is 17.0. The summed E-state index contributed by atoms with van der Waals surface area (Å²) in [5.41, 5.74) is 3.70. The van der Waals surface area contributed by atoms with Crippen LogP contribution in [-0.2, 0) is 4.79 Å². The van der Waals surface area contributed by atoms with Gasteiger partial charge in [-0.15, -0.1) is 0 Å². The van der Waals surface area contributed by atoms with E-state index in [1.54, 1.807) is 0 Å². The molecule has 0 amide bonds. The number of ketones is 1. The Balaban J connectivity index is 1.70. The third-order valence-electron chi connectivity index (χ3n) is 6.87. The molecule has 0 aliphatic heterocycles. The highest BCUT2D eigenvalue weighted by atomic mass is 16.5. The van der Waals surface area contributed by atoms with E-state index in [0.29, 0.717) is 11.7 Å². The molecular formula is C32H48O2. The first-order chi connectivity index (χ1) is 16.5. The fourth-order valence-corrected chi connectivity index (χ4v) is 4.51. The number of allylic oxidation sites excluding steroid dienone is 5. The third-order valence-corrected chi connectivity index (χ3v) is 6.87. The van der Waals surface area contributed by atoms with Crippen molar-refractivity contribution in [2.75, 3.05) is 6.61 Å². The molecule has 2 rings (SSSR count). The van der Waals surface area contributed by atoms with E-state index in [4.69, 9.17) is 4.74 Å². The molecule has 2 atom stereocenters. The van der Waals surface area contributed by atoms with Crippen LogP contribution in [0.15, 0.2) is 53.6 Å². The molecule has 0 aromatic heterocycles. The topological polar surface area (TPSA) is 26.3 Å². The summed E-state index contributed by atoms with van der Waals surface area (Å²) in [4.78, 5) is 12.6. The number of unbranched alkanes of at least 4 members (excludes halogenated alkanes) is 5. The first-order valence-corrected chi connectivity index (χ1v) is 13.8. The van der Waals surface area contributed by atoms with E-state index >= 15 is 0 Å². The van der Waals surface area contributed by atoms with Gasteiger partial charge in [-0.25, -0.2) is 0 Å². The average molecular weight is 465 g/mol. The van der Waals surface area contributed by atoms with E-state index in [1.807, 2.05) is 18.2 Å². The van der Waals surface area contributed by atoms with E-state index in [1.165, 1.54) is 44.1 Å². The van der Waals surface area contributed by atoms with Crippen molar-refractivity contribution in [2.45, 2.75) is 105 Å². The lowest BCUT2D eigenvalue weighted by Gasteiger charge is -2.21. The van der Waals surface area contributed by atoms with Crippen molar-refractivity contribution in [3.63, 3.8) is 0 Å². The molecule has 2 heteroatoms. The van der Waals surface area contributed by atoms with Crippen molar-refractivity contribution >= 4 is 11.9 Å². The van der Waals surface area contributed by atoms with Gasteiger partial charge >= 0.3 is 0 Å². The molecule has 0 bridgehead atoms. The smallest absolute Gasteiger partial charge is 0.159 e. The van der Waals surface area contributed by atoms with Gasteiger partial charge in [-0.2, -0.15) is 0 Å². The van der Waals surface area contributed by atoms with Crippen molar-refractivity contribution in [3.05, 3.63) is 59.2 Å². The van der Waals surface area contributed by atoms with Gasteiger partial charge in [0.25, 0.3) is 0 Å². The number of hydrogen-bond acceptors (Lipinski definition) is 2. The number of hydrogen-bond donors (Lipinski definition) is 0. The molecule has 2 nitrogen and oxygen atoms in total. The molecule has 0 fully saturated rings. The summed E-state index contributed by atoms with van der Waals surface area (Å²) in [7, 11) is 0. The second-order valence-electron chi connectivity index (χ2n) is 10.4. The number of rotatable bonds is 16. The van der Waals surface area contributed by atoms with Crippen molar-refractivity contribution in [2.24, 2.45) is 11.8 Å². The highest BCUT2D eigenvalue weighted by Crippen LogP contribution is 2.28. The van der Waals surface area contributed by atoms with Crippen LogP contribution in [0.5, 0.6) is 5.75 Å². The van der Waals surface area contributed by atoms with E-state index in [2.05, 4.69) is 58.1 Å². The van der Waals surface area contributed by atoms with E-state index in [9.17, 15) is 4.79 Å². The predicted octanol–water partition coefficient (Wildman–Crippen LogP) is 9.51. The van der Waals surface area contributed by atoms with Gasteiger partial charge in [0, 0.05) is 5.92 Å². The van der Waals surface area contributed by atoms with Gasteiger partial charge in [-0.3, -0.25) is 4.79 Å². The Bertz CT molecular complexity index is 793. The minimum atomic E-state index is 0.214. The molecule has 188 valence electrons.